The van der Waals surface area contributed by atoms with Crippen molar-refractivity contribution in [3.05, 3.63) is 34.9 Å². The Morgan fingerprint density at radius 3 is 2.81 bits per heavy atom. The fourth-order valence-electron chi connectivity index (χ4n) is 1.94. The standard InChI is InChI=1S/C12H14N2O2/c1-2-3-8-4-5-10-9(6-8)7-11(15)14(13)12(10)16/h4-6H,2-3,7,13H2,1H3. The number of benzene rings is 1. The van der Waals surface area contributed by atoms with Crippen molar-refractivity contribution in [1.82, 2.24) is 5.01 Å². The Bertz CT molecular complexity index is 454. The molecule has 1 aromatic carbocycles. The van der Waals surface area contributed by atoms with Crippen LogP contribution in [0.4, 0.5) is 0 Å². The minimum Gasteiger partial charge on any atom is -0.273 e. The summed E-state index contributed by atoms with van der Waals surface area (Å²) >= 11 is 0. The van der Waals surface area contributed by atoms with Gasteiger partial charge in [0.05, 0.1) is 6.42 Å². The van der Waals surface area contributed by atoms with E-state index in [1.54, 1.807) is 6.07 Å². The maximum Gasteiger partial charge on any atom is 0.275 e. The average Bonchev–Trinajstić information content (AvgIpc) is 2.26. The average molecular weight is 218 g/mol. The van der Waals surface area contributed by atoms with Crippen molar-refractivity contribution in [2.45, 2.75) is 26.2 Å². The summed E-state index contributed by atoms with van der Waals surface area (Å²) in [7, 11) is 0. The Morgan fingerprint density at radius 2 is 2.12 bits per heavy atom. The fourth-order valence-corrected chi connectivity index (χ4v) is 1.94. The number of aryl methyl sites for hydroxylation is 1. The van der Waals surface area contributed by atoms with Gasteiger partial charge in [0, 0.05) is 5.56 Å². The van der Waals surface area contributed by atoms with Crippen molar-refractivity contribution in [2.24, 2.45) is 5.84 Å². The first-order valence-electron chi connectivity index (χ1n) is 5.37. The summed E-state index contributed by atoms with van der Waals surface area (Å²) in [6.45, 7) is 2.09. The molecular formula is C12H14N2O2. The van der Waals surface area contributed by atoms with E-state index >= 15 is 0 Å². The van der Waals surface area contributed by atoms with Crippen molar-refractivity contribution in [3.8, 4) is 0 Å². The SMILES string of the molecule is CCCc1ccc2c(c1)CC(=O)N(N)C2=O. The van der Waals surface area contributed by atoms with Crippen molar-refractivity contribution in [3.63, 3.8) is 0 Å². The zero-order valence-electron chi connectivity index (χ0n) is 9.19. The molecule has 2 amide bonds. The van der Waals surface area contributed by atoms with Crippen LogP contribution < -0.4 is 5.84 Å². The van der Waals surface area contributed by atoms with Crippen LogP contribution in [0.5, 0.6) is 0 Å². The first-order valence-corrected chi connectivity index (χ1v) is 5.37. The molecule has 0 saturated carbocycles. The molecule has 0 radical (unpaired) electrons. The van der Waals surface area contributed by atoms with Crippen molar-refractivity contribution >= 4 is 11.8 Å². The van der Waals surface area contributed by atoms with Crippen LogP contribution in [0.25, 0.3) is 0 Å². The van der Waals surface area contributed by atoms with E-state index in [1.165, 1.54) is 0 Å². The molecule has 16 heavy (non-hydrogen) atoms. The van der Waals surface area contributed by atoms with Gasteiger partial charge >= 0.3 is 0 Å². The largest absolute Gasteiger partial charge is 0.275 e. The van der Waals surface area contributed by atoms with Gasteiger partial charge < -0.3 is 0 Å². The van der Waals surface area contributed by atoms with Crippen LogP contribution in [-0.4, -0.2) is 16.8 Å². The highest BCUT2D eigenvalue weighted by atomic mass is 16.2. The molecule has 0 atom stereocenters. The van der Waals surface area contributed by atoms with E-state index in [0.29, 0.717) is 10.6 Å². The van der Waals surface area contributed by atoms with Crippen LogP contribution in [0.1, 0.15) is 34.8 Å². The van der Waals surface area contributed by atoms with E-state index < -0.39 is 5.91 Å². The van der Waals surface area contributed by atoms with Gasteiger partial charge in [0.15, 0.2) is 0 Å². The quantitative estimate of drug-likeness (QED) is 0.458. The second-order valence-electron chi connectivity index (χ2n) is 3.99. The smallest absolute Gasteiger partial charge is 0.273 e. The lowest BCUT2D eigenvalue weighted by Gasteiger charge is -2.22. The number of nitrogens with zero attached hydrogens (tertiary/aromatic N) is 1. The molecule has 1 aromatic rings. The van der Waals surface area contributed by atoms with E-state index in [4.69, 9.17) is 5.84 Å². The number of fused-ring (bicyclic) bond motifs is 1. The van der Waals surface area contributed by atoms with Crippen LogP contribution in [-0.2, 0) is 17.6 Å². The predicted molar refractivity (Wildman–Crippen MR) is 59.5 cm³/mol. The zero-order valence-corrected chi connectivity index (χ0v) is 9.19. The van der Waals surface area contributed by atoms with Gasteiger partial charge in [-0.1, -0.05) is 25.5 Å². The summed E-state index contributed by atoms with van der Waals surface area (Å²) in [6.07, 6.45) is 2.22. The van der Waals surface area contributed by atoms with Crippen molar-refractivity contribution < 1.29 is 9.59 Å². The number of hydrazine groups is 1. The Labute approximate surface area is 94.0 Å². The maximum absolute atomic E-state index is 11.7. The van der Waals surface area contributed by atoms with Crippen molar-refractivity contribution in [1.29, 1.82) is 0 Å². The normalized spacial score (nSPS) is 15.2. The summed E-state index contributed by atoms with van der Waals surface area (Å²) in [4.78, 5) is 23.1. The summed E-state index contributed by atoms with van der Waals surface area (Å²) in [6, 6.07) is 5.61. The van der Waals surface area contributed by atoms with E-state index in [1.807, 2.05) is 12.1 Å². The number of hydrogen-bond donors (Lipinski definition) is 1. The number of hydrogen-bond acceptors (Lipinski definition) is 3. The number of rotatable bonds is 2. The zero-order chi connectivity index (χ0) is 11.7. The molecule has 1 aliphatic rings. The molecule has 84 valence electrons. The first-order chi connectivity index (χ1) is 7.63. The summed E-state index contributed by atoms with van der Waals surface area (Å²) in [5.41, 5.74) is 2.50. The van der Waals surface area contributed by atoms with Gasteiger partial charge in [0.2, 0.25) is 5.91 Å². The van der Waals surface area contributed by atoms with Gasteiger partial charge in [0.1, 0.15) is 0 Å². The second-order valence-corrected chi connectivity index (χ2v) is 3.99. The Kier molecular flexibility index (Phi) is 2.75. The summed E-state index contributed by atoms with van der Waals surface area (Å²) in [5.74, 6) is 4.62. The van der Waals surface area contributed by atoms with Crippen LogP contribution in [0.2, 0.25) is 0 Å². The molecule has 1 aliphatic heterocycles. The van der Waals surface area contributed by atoms with Gasteiger partial charge in [-0.25, -0.2) is 10.9 Å². The number of carbonyl (C=O) groups excluding carboxylic acids is 2. The van der Waals surface area contributed by atoms with Gasteiger partial charge in [-0.3, -0.25) is 9.59 Å². The molecule has 0 fully saturated rings. The summed E-state index contributed by atoms with van der Waals surface area (Å²) < 4.78 is 0. The van der Waals surface area contributed by atoms with Gasteiger partial charge in [-0.15, -0.1) is 0 Å². The van der Waals surface area contributed by atoms with Gasteiger partial charge in [0.25, 0.3) is 5.91 Å². The second kappa shape index (κ2) is 4.06. The van der Waals surface area contributed by atoms with Crippen LogP contribution in [0, 0.1) is 0 Å². The van der Waals surface area contributed by atoms with Gasteiger partial charge in [-0.05, 0) is 23.6 Å². The highest BCUT2D eigenvalue weighted by Crippen LogP contribution is 2.20. The first kappa shape index (κ1) is 10.8. The van der Waals surface area contributed by atoms with E-state index in [2.05, 4.69) is 6.92 Å². The third-order valence-electron chi connectivity index (χ3n) is 2.77. The van der Waals surface area contributed by atoms with E-state index in [-0.39, 0.29) is 12.3 Å². The molecule has 1 heterocycles. The van der Waals surface area contributed by atoms with Crippen LogP contribution >= 0.6 is 0 Å². The molecule has 0 unspecified atom stereocenters. The Hall–Kier alpha value is -1.68. The lowest BCUT2D eigenvalue weighted by Crippen LogP contribution is -2.47. The Balaban J connectivity index is 2.41. The minimum atomic E-state index is -0.408. The predicted octanol–water partition coefficient (Wildman–Crippen LogP) is 1.04. The molecule has 0 bridgehead atoms. The minimum absolute atomic E-state index is 0.217. The van der Waals surface area contributed by atoms with Crippen molar-refractivity contribution in [2.75, 3.05) is 0 Å². The molecule has 2 N–H and O–H groups in total. The fraction of sp³-hybridized carbons (Fsp3) is 0.333. The van der Waals surface area contributed by atoms with E-state index in [0.717, 1.165) is 24.0 Å². The number of carbonyl (C=O) groups is 2. The van der Waals surface area contributed by atoms with Crippen LogP contribution in [0.3, 0.4) is 0 Å². The van der Waals surface area contributed by atoms with Gasteiger partial charge in [-0.2, -0.15) is 0 Å². The molecule has 0 aliphatic carbocycles. The molecule has 0 spiro atoms. The molecule has 4 heteroatoms. The molecule has 4 nitrogen and oxygen atoms in total. The third-order valence-corrected chi connectivity index (χ3v) is 2.77. The van der Waals surface area contributed by atoms with E-state index in [9.17, 15) is 9.59 Å². The topological polar surface area (TPSA) is 63.4 Å². The molecular weight excluding hydrogens is 204 g/mol. The third kappa shape index (κ3) is 1.72. The molecule has 0 aromatic heterocycles. The maximum atomic E-state index is 11.7. The number of amides is 2. The summed E-state index contributed by atoms with van der Waals surface area (Å²) in [5, 5.41) is 0.696. The molecule has 2 rings (SSSR count). The number of imide groups is 1. The highest BCUT2D eigenvalue weighted by molar-refractivity contribution is 6.09. The lowest BCUT2D eigenvalue weighted by atomic mass is 9.95. The Morgan fingerprint density at radius 1 is 1.38 bits per heavy atom. The van der Waals surface area contributed by atoms with Crippen LogP contribution in [0.15, 0.2) is 18.2 Å². The monoisotopic (exact) mass is 218 g/mol. The highest BCUT2D eigenvalue weighted by Gasteiger charge is 2.28. The lowest BCUT2D eigenvalue weighted by molar-refractivity contribution is -0.128. The number of nitrogens with two attached hydrogens (primary N) is 1. The molecule has 0 saturated heterocycles.